The summed E-state index contributed by atoms with van der Waals surface area (Å²) in [5.74, 6) is 2.04. The third kappa shape index (κ3) is 8.82. The Morgan fingerprint density at radius 3 is 2.18 bits per heavy atom. The Hall–Kier alpha value is 0.158. The summed E-state index contributed by atoms with van der Waals surface area (Å²) in [5, 5.41) is 0. The van der Waals surface area contributed by atoms with Crippen molar-refractivity contribution in [2.75, 3.05) is 19.0 Å². The van der Waals surface area contributed by atoms with E-state index in [4.69, 9.17) is 0 Å². The third-order valence-corrected chi connectivity index (χ3v) is 2.96. The summed E-state index contributed by atoms with van der Waals surface area (Å²) < 4.78 is 1.56. The SMILES string of the molecule is CN(C)c1bcccc1.[Cl-].[Cl-].[Zr+2][C]1=CC=CC1. The van der Waals surface area contributed by atoms with Crippen molar-refractivity contribution in [3.05, 3.63) is 45.7 Å². The second-order valence-electron chi connectivity index (χ2n) is 3.55. The van der Waals surface area contributed by atoms with Crippen LogP contribution in [0.15, 0.2) is 45.7 Å². The van der Waals surface area contributed by atoms with Crippen LogP contribution >= 0.6 is 0 Å². The van der Waals surface area contributed by atoms with E-state index in [9.17, 15) is 0 Å². The molecule has 0 amide bonds. The van der Waals surface area contributed by atoms with E-state index < -0.39 is 0 Å². The normalized spacial score (nSPS) is 11.2. The van der Waals surface area contributed by atoms with Gasteiger partial charge in [0.15, 0.2) is 0 Å². The molecule has 0 saturated carbocycles. The summed E-state index contributed by atoms with van der Waals surface area (Å²) >= 11 is 1.56. The van der Waals surface area contributed by atoms with Gasteiger partial charge in [0.2, 0.25) is 0 Å². The number of halogens is 2. The van der Waals surface area contributed by atoms with Crippen molar-refractivity contribution in [2.45, 2.75) is 6.42 Å². The number of hydrogen-bond donors (Lipinski definition) is 0. The van der Waals surface area contributed by atoms with Gasteiger partial charge in [0, 0.05) is 0 Å². The van der Waals surface area contributed by atoms with Crippen LogP contribution in [0, 0.1) is 0 Å². The fourth-order valence-electron chi connectivity index (χ4n) is 1.17. The summed E-state index contributed by atoms with van der Waals surface area (Å²) in [5.41, 5.74) is 1.25. The predicted octanol–water partition coefficient (Wildman–Crippen LogP) is -3.52. The van der Waals surface area contributed by atoms with Gasteiger partial charge in [-0.1, -0.05) is 0 Å². The monoisotopic (exact) mass is 344 g/mol. The number of anilines is 1. The molecule has 0 radical (unpaired) electrons. The molecule has 0 aliphatic heterocycles. The zero-order valence-corrected chi connectivity index (χ0v) is 14.0. The molecule has 0 aromatic carbocycles. The Morgan fingerprint density at radius 1 is 1.24 bits per heavy atom. The van der Waals surface area contributed by atoms with Crippen LogP contribution in [0.25, 0.3) is 0 Å². The van der Waals surface area contributed by atoms with E-state index in [1.54, 1.807) is 28.0 Å². The van der Waals surface area contributed by atoms with Crippen molar-refractivity contribution in [2.24, 2.45) is 0 Å². The first-order valence-electron chi connectivity index (χ1n) is 5.00. The van der Waals surface area contributed by atoms with Crippen molar-refractivity contribution < 1.29 is 49.5 Å². The fraction of sp³-hybridized carbons (Fsp3) is 0.250. The number of hydrogen-bond acceptors (Lipinski definition) is 1. The molecule has 0 atom stereocenters. The van der Waals surface area contributed by atoms with Crippen molar-refractivity contribution >= 4 is 12.5 Å². The molecule has 0 unspecified atom stereocenters. The minimum absolute atomic E-state index is 0. The fourth-order valence-corrected chi connectivity index (χ4v) is 1.70. The second kappa shape index (κ2) is 11.3. The number of allylic oxidation sites excluding steroid dienone is 4. The molecule has 1 heterocycles. The van der Waals surface area contributed by atoms with Crippen molar-refractivity contribution in [3.63, 3.8) is 0 Å². The number of rotatable bonds is 1. The molecule has 0 spiro atoms. The molecule has 1 nitrogen and oxygen atoms in total. The van der Waals surface area contributed by atoms with Crippen molar-refractivity contribution in [1.29, 1.82) is 0 Å². The Labute approximate surface area is 132 Å². The molecule has 0 N–H and O–H groups in total. The van der Waals surface area contributed by atoms with Crippen molar-refractivity contribution in [3.8, 4) is 0 Å². The molecule has 17 heavy (non-hydrogen) atoms. The first-order chi connectivity index (χ1) is 7.20. The molecule has 1 aliphatic carbocycles. The van der Waals surface area contributed by atoms with E-state index in [0.717, 1.165) is 0 Å². The van der Waals surface area contributed by atoms with Crippen LogP contribution in [0.1, 0.15) is 6.42 Å². The van der Waals surface area contributed by atoms with Crippen LogP contribution < -0.4 is 29.7 Å². The van der Waals surface area contributed by atoms with E-state index in [-0.39, 0.29) is 24.8 Å². The average molecular weight is 346 g/mol. The average Bonchev–Trinajstić information content (AvgIpc) is 2.71. The summed E-state index contributed by atoms with van der Waals surface area (Å²) in [6.07, 6.45) is 7.69. The maximum atomic E-state index is 2.18. The third-order valence-electron chi connectivity index (χ3n) is 2.04. The first-order valence-corrected chi connectivity index (χ1v) is 6.22. The van der Waals surface area contributed by atoms with E-state index in [2.05, 4.69) is 36.1 Å². The van der Waals surface area contributed by atoms with Gasteiger partial charge < -0.3 is 24.8 Å². The standard InChI is InChI=1S/C7H10BN.C5H5.2ClH.Zr/c1-9(2)7-5-3-4-6-8-7;1-2-4-5-3-1;;;/h3-6H,1-2H3;1-3H,4H2;2*1H;/q;;;;+2/p-2. The summed E-state index contributed by atoms with van der Waals surface area (Å²) in [6.45, 7) is 2.08. The Bertz CT molecular complexity index is 353. The van der Waals surface area contributed by atoms with Crippen LogP contribution in [0.3, 0.4) is 0 Å². The summed E-state index contributed by atoms with van der Waals surface area (Å²) in [6, 6.07) is 6.14. The maximum absolute atomic E-state index is 2.18. The van der Waals surface area contributed by atoms with Crippen LogP contribution in [0.4, 0.5) is 5.58 Å². The molecule has 1 aromatic heterocycles. The summed E-state index contributed by atoms with van der Waals surface area (Å²) in [4.78, 5) is 2.08. The molecular weight excluding hydrogens is 331 g/mol. The van der Waals surface area contributed by atoms with Gasteiger partial charge in [-0.2, -0.15) is 0 Å². The van der Waals surface area contributed by atoms with Crippen molar-refractivity contribution in [1.82, 2.24) is 0 Å². The zero-order valence-electron chi connectivity index (χ0n) is 10.0. The van der Waals surface area contributed by atoms with E-state index >= 15 is 0 Å². The Balaban J connectivity index is 0. The van der Waals surface area contributed by atoms with Gasteiger partial charge in [-0.25, -0.2) is 0 Å². The zero-order chi connectivity index (χ0) is 11.1. The van der Waals surface area contributed by atoms with Gasteiger partial charge in [-0.15, -0.1) is 0 Å². The molecule has 0 saturated heterocycles. The first kappa shape index (κ1) is 19.5. The van der Waals surface area contributed by atoms with Gasteiger partial charge >= 0.3 is 108 Å². The molecule has 89 valence electrons. The van der Waals surface area contributed by atoms with Gasteiger partial charge in [0.25, 0.3) is 0 Å². The van der Waals surface area contributed by atoms with Crippen LogP contribution in [-0.4, -0.2) is 21.0 Å². The molecule has 5 heteroatoms. The van der Waals surface area contributed by atoms with E-state index in [1.807, 2.05) is 32.2 Å². The topological polar surface area (TPSA) is 3.24 Å². The van der Waals surface area contributed by atoms with Gasteiger partial charge in [0.1, 0.15) is 0 Å². The van der Waals surface area contributed by atoms with Crippen LogP contribution in [0.5, 0.6) is 0 Å². The Morgan fingerprint density at radius 2 is 1.94 bits per heavy atom. The van der Waals surface area contributed by atoms with Crippen LogP contribution in [0.2, 0.25) is 0 Å². The minimum atomic E-state index is 0. The molecular formula is C12H15BCl2NZr. The molecule has 2 rings (SSSR count). The van der Waals surface area contributed by atoms with E-state index in [1.165, 1.54) is 12.0 Å². The molecule has 0 fully saturated rings. The second-order valence-corrected chi connectivity index (χ2v) is 5.13. The molecule has 0 bridgehead atoms. The number of nitrogens with zero attached hydrogens (tertiary/aromatic N) is 1. The van der Waals surface area contributed by atoms with Gasteiger partial charge in [-0.3, -0.25) is 0 Å². The van der Waals surface area contributed by atoms with Crippen LogP contribution in [-0.2, 0) is 24.7 Å². The van der Waals surface area contributed by atoms with E-state index in [0.29, 0.717) is 0 Å². The van der Waals surface area contributed by atoms with Gasteiger partial charge in [0.05, 0.1) is 0 Å². The molecule has 1 aliphatic rings. The summed E-state index contributed by atoms with van der Waals surface area (Å²) in [7, 11) is 4.07. The van der Waals surface area contributed by atoms with Gasteiger partial charge in [-0.05, 0) is 0 Å². The predicted molar refractivity (Wildman–Crippen MR) is 64.0 cm³/mol. The Kier molecular flexibility index (Phi) is 12.9. The molecule has 1 aromatic rings. The quantitative estimate of drug-likeness (QED) is 0.510.